The second-order valence-corrected chi connectivity index (χ2v) is 9.61. The number of aryl methyl sites for hydroxylation is 2. The van der Waals surface area contributed by atoms with Gasteiger partial charge in [0.2, 0.25) is 0 Å². The van der Waals surface area contributed by atoms with Crippen LogP contribution >= 0.6 is 12.2 Å². The van der Waals surface area contributed by atoms with Crippen LogP contribution in [0, 0.1) is 13.8 Å². The van der Waals surface area contributed by atoms with Gasteiger partial charge in [0.25, 0.3) is 5.56 Å². The molecule has 2 aliphatic heterocycles. The number of ether oxygens (including phenoxy) is 1. The Bertz CT molecular complexity index is 1010. The predicted octanol–water partition coefficient (Wildman–Crippen LogP) is 3.48. The number of pyridine rings is 1. The summed E-state index contributed by atoms with van der Waals surface area (Å²) in [5.41, 5.74) is 3.96. The molecule has 2 atom stereocenters. The van der Waals surface area contributed by atoms with E-state index in [0.29, 0.717) is 17.7 Å². The molecule has 3 heterocycles. The van der Waals surface area contributed by atoms with E-state index >= 15 is 0 Å². The van der Waals surface area contributed by atoms with Crippen LogP contribution in [0.2, 0.25) is 0 Å². The molecule has 0 amide bonds. The highest BCUT2D eigenvalue weighted by Crippen LogP contribution is 2.21. The van der Waals surface area contributed by atoms with Crippen molar-refractivity contribution in [2.75, 3.05) is 32.8 Å². The first-order chi connectivity index (χ1) is 15.5. The lowest BCUT2D eigenvalue weighted by Crippen LogP contribution is -2.48. The van der Waals surface area contributed by atoms with Crippen molar-refractivity contribution in [3.8, 4) is 0 Å². The Hall–Kier alpha value is -1.96. The summed E-state index contributed by atoms with van der Waals surface area (Å²) in [5.74, 6) is 0. The van der Waals surface area contributed by atoms with Crippen molar-refractivity contribution in [3.05, 3.63) is 45.2 Å². The minimum atomic E-state index is -0.0307. The number of benzene rings is 1. The minimum absolute atomic E-state index is 0.0307. The van der Waals surface area contributed by atoms with Gasteiger partial charge in [-0.2, -0.15) is 0 Å². The van der Waals surface area contributed by atoms with E-state index in [1.165, 1.54) is 18.4 Å². The number of likely N-dealkylation sites (tertiary alicyclic amines) is 1. The van der Waals surface area contributed by atoms with Crippen molar-refractivity contribution in [2.24, 2.45) is 0 Å². The molecular formula is C25H36N4O2S. The number of aromatic amines is 1. The molecule has 2 saturated heterocycles. The maximum Gasteiger partial charge on any atom is 0.253 e. The number of H-pyrrole nitrogens is 1. The lowest BCUT2D eigenvalue weighted by Gasteiger charge is -2.32. The molecule has 7 heteroatoms. The van der Waals surface area contributed by atoms with Crippen LogP contribution in [0.5, 0.6) is 0 Å². The number of likely N-dealkylation sites (N-methyl/N-ethyl adjacent to an activating group) is 1. The molecule has 0 saturated carbocycles. The Kier molecular flexibility index (Phi) is 7.48. The van der Waals surface area contributed by atoms with E-state index in [1.54, 1.807) is 0 Å². The molecule has 2 N–H and O–H groups in total. The van der Waals surface area contributed by atoms with Gasteiger partial charge in [-0.05, 0) is 87.4 Å². The van der Waals surface area contributed by atoms with Gasteiger partial charge in [-0.15, -0.1) is 0 Å². The maximum absolute atomic E-state index is 13.0. The Balaban J connectivity index is 1.56. The highest BCUT2D eigenvalue weighted by Gasteiger charge is 2.27. The van der Waals surface area contributed by atoms with Crippen LogP contribution in [0.3, 0.4) is 0 Å². The summed E-state index contributed by atoms with van der Waals surface area (Å²) in [6.07, 6.45) is 4.80. The fraction of sp³-hybridized carbons (Fsp3) is 0.600. The number of nitrogens with zero attached hydrogens (tertiary/aromatic N) is 2. The van der Waals surface area contributed by atoms with Gasteiger partial charge in [0, 0.05) is 31.3 Å². The first-order valence-electron chi connectivity index (χ1n) is 12.0. The smallest absolute Gasteiger partial charge is 0.253 e. The molecule has 1 aromatic heterocycles. The number of hydrogen-bond acceptors (Lipinski definition) is 4. The summed E-state index contributed by atoms with van der Waals surface area (Å²) in [5, 5.41) is 5.20. The third kappa shape index (κ3) is 5.16. The van der Waals surface area contributed by atoms with Crippen molar-refractivity contribution in [3.63, 3.8) is 0 Å². The maximum atomic E-state index is 13.0. The predicted molar refractivity (Wildman–Crippen MR) is 134 cm³/mol. The normalized spacial score (nSPS) is 21.3. The number of nitrogens with one attached hydrogen (secondary N) is 2. The second-order valence-electron chi connectivity index (χ2n) is 9.22. The monoisotopic (exact) mass is 456 g/mol. The lowest BCUT2D eigenvalue weighted by molar-refractivity contribution is 0.113. The molecule has 2 aromatic rings. The van der Waals surface area contributed by atoms with Gasteiger partial charge >= 0.3 is 0 Å². The Morgan fingerprint density at radius 2 is 2.16 bits per heavy atom. The Labute approximate surface area is 196 Å². The van der Waals surface area contributed by atoms with Crippen LogP contribution in [0.4, 0.5) is 0 Å². The molecule has 2 unspecified atom stereocenters. The molecule has 174 valence electrons. The summed E-state index contributed by atoms with van der Waals surface area (Å²) < 4.78 is 5.75. The SMILES string of the molecule is CCN1CCCC1CN(Cc1cc2ccc(C)c(C)c2[nH]c1=O)C(=S)NCC1CCCO1. The van der Waals surface area contributed by atoms with E-state index in [4.69, 9.17) is 17.0 Å². The minimum Gasteiger partial charge on any atom is -0.376 e. The number of aromatic nitrogens is 1. The zero-order chi connectivity index (χ0) is 22.7. The van der Waals surface area contributed by atoms with E-state index in [9.17, 15) is 4.79 Å². The number of rotatable bonds is 7. The molecule has 2 aliphatic rings. The highest BCUT2D eigenvalue weighted by molar-refractivity contribution is 7.80. The van der Waals surface area contributed by atoms with E-state index in [0.717, 1.165) is 67.7 Å². The van der Waals surface area contributed by atoms with Crippen molar-refractivity contribution in [1.29, 1.82) is 0 Å². The molecule has 2 fully saturated rings. The van der Waals surface area contributed by atoms with Crippen molar-refractivity contribution >= 4 is 28.2 Å². The third-order valence-electron chi connectivity index (χ3n) is 7.12. The van der Waals surface area contributed by atoms with Gasteiger partial charge in [0.1, 0.15) is 0 Å². The van der Waals surface area contributed by atoms with Crippen LogP contribution in [-0.4, -0.2) is 64.8 Å². The molecule has 0 aliphatic carbocycles. The van der Waals surface area contributed by atoms with E-state index in [1.807, 2.05) is 6.07 Å². The largest absolute Gasteiger partial charge is 0.376 e. The summed E-state index contributed by atoms with van der Waals surface area (Å²) >= 11 is 5.82. The average Bonchev–Trinajstić information content (AvgIpc) is 3.47. The standard InChI is InChI=1S/C25H36N4O2S/c1-4-28-11-5-7-21(28)16-29(25(32)26-14-22-8-6-12-31-22)15-20-13-19-10-9-17(2)18(3)23(19)27-24(20)30/h9-10,13,21-22H,4-8,11-12,14-16H2,1-3H3,(H,26,32)(H,27,30). The van der Waals surface area contributed by atoms with Crippen LogP contribution in [-0.2, 0) is 11.3 Å². The number of thiocarbonyl (C=S) groups is 1. The van der Waals surface area contributed by atoms with E-state index < -0.39 is 0 Å². The molecule has 32 heavy (non-hydrogen) atoms. The van der Waals surface area contributed by atoms with Gasteiger partial charge in [-0.25, -0.2) is 0 Å². The van der Waals surface area contributed by atoms with E-state index in [-0.39, 0.29) is 11.7 Å². The summed E-state index contributed by atoms with van der Waals surface area (Å²) in [7, 11) is 0. The second kappa shape index (κ2) is 10.3. The molecule has 1 aromatic carbocycles. The van der Waals surface area contributed by atoms with Gasteiger partial charge in [-0.1, -0.05) is 19.1 Å². The zero-order valence-electron chi connectivity index (χ0n) is 19.6. The fourth-order valence-corrected chi connectivity index (χ4v) is 5.23. The summed E-state index contributed by atoms with van der Waals surface area (Å²) in [6.45, 7) is 11.4. The Morgan fingerprint density at radius 1 is 1.31 bits per heavy atom. The summed E-state index contributed by atoms with van der Waals surface area (Å²) in [4.78, 5) is 20.8. The van der Waals surface area contributed by atoms with Crippen molar-refractivity contribution in [2.45, 2.75) is 65.1 Å². The van der Waals surface area contributed by atoms with Crippen LogP contribution < -0.4 is 10.9 Å². The molecular weight excluding hydrogens is 420 g/mol. The van der Waals surface area contributed by atoms with Gasteiger partial charge in [0.05, 0.1) is 18.2 Å². The molecule has 0 spiro atoms. The molecule has 6 nitrogen and oxygen atoms in total. The molecule has 0 radical (unpaired) electrons. The van der Waals surface area contributed by atoms with Gasteiger partial charge < -0.3 is 19.9 Å². The van der Waals surface area contributed by atoms with Gasteiger partial charge in [-0.3, -0.25) is 9.69 Å². The van der Waals surface area contributed by atoms with E-state index in [2.05, 4.69) is 53.0 Å². The van der Waals surface area contributed by atoms with Crippen LogP contribution in [0.1, 0.15) is 49.3 Å². The first-order valence-corrected chi connectivity index (χ1v) is 12.4. The number of fused-ring (bicyclic) bond motifs is 1. The fourth-order valence-electron chi connectivity index (χ4n) is 5.00. The Morgan fingerprint density at radius 3 is 2.91 bits per heavy atom. The van der Waals surface area contributed by atoms with Crippen molar-refractivity contribution in [1.82, 2.24) is 20.1 Å². The van der Waals surface area contributed by atoms with Gasteiger partial charge in [0.15, 0.2) is 5.11 Å². The molecule has 4 rings (SSSR count). The molecule has 0 bridgehead atoms. The number of hydrogen-bond donors (Lipinski definition) is 2. The quantitative estimate of drug-likeness (QED) is 0.622. The van der Waals surface area contributed by atoms with Crippen molar-refractivity contribution < 1.29 is 4.74 Å². The average molecular weight is 457 g/mol. The topological polar surface area (TPSA) is 60.6 Å². The first kappa shape index (κ1) is 23.2. The third-order valence-corrected chi connectivity index (χ3v) is 7.52. The summed E-state index contributed by atoms with van der Waals surface area (Å²) in [6, 6.07) is 6.70. The van der Waals surface area contributed by atoms with Crippen LogP contribution in [0.15, 0.2) is 23.0 Å². The highest BCUT2D eigenvalue weighted by atomic mass is 32.1. The van der Waals surface area contributed by atoms with Crippen LogP contribution in [0.25, 0.3) is 10.9 Å². The lowest BCUT2D eigenvalue weighted by atomic mass is 10.0. The zero-order valence-corrected chi connectivity index (χ0v) is 20.4.